The summed E-state index contributed by atoms with van der Waals surface area (Å²) in [5.41, 5.74) is 6.38. The maximum absolute atomic E-state index is 5.93. The van der Waals surface area contributed by atoms with Gasteiger partial charge >= 0.3 is 0 Å². The summed E-state index contributed by atoms with van der Waals surface area (Å²) >= 11 is 9.31. The standard InChI is InChI=1S/C11H12BrClN4/c12-8-6-7(3-4-9(8)13)11-15-10(16-17-11)2-1-5-14/h3-4,6H,1-2,5,14H2,(H,15,16,17). The lowest BCUT2D eigenvalue weighted by Crippen LogP contribution is -2.01. The number of halogens is 2. The van der Waals surface area contributed by atoms with Gasteiger partial charge in [-0.2, -0.15) is 5.10 Å². The second kappa shape index (κ2) is 5.62. The highest BCUT2D eigenvalue weighted by atomic mass is 79.9. The van der Waals surface area contributed by atoms with Crippen LogP contribution in [0.25, 0.3) is 11.4 Å². The van der Waals surface area contributed by atoms with E-state index in [1.54, 1.807) is 0 Å². The number of aryl methyl sites for hydroxylation is 1. The molecule has 0 fully saturated rings. The van der Waals surface area contributed by atoms with E-state index in [9.17, 15) is 0 Å². The fraction of sp³-hybridized carbons (Fsp3) is 0.273. The molecular formula is C11H12BrClN4. The molecule has 1 aromatic heterocycles. The Hall–Kier alpha value is -0.910. The second-order valence-corrected chi connectivity index (χ2v) is 4.89. The summed E-state index contributed by atoms with van der Waals surface area (Å²) in [7, 11) is 0. The van der Waals surface area contributed by atoms with Crippen LogP contribution in [0.3, 0.4) is 0 Å². The molecule has 2 rings (SSSR count). The number of hydrogen-bond donors (Lipinski definition) is 2. The quantitative estimate of drug-likeness (QED) is 0.911. The molecule has 3 N–H and O–H groups in total. The molecule has 90 valence electrons. The van der Waals surface area contributed by atoms with E-state index < -0.39 is 0 Å². The van der Waals surface area contributed by atoms with Crippen molar-refractivity contribution < 1.29 is 0 Å². The molecule has 0 spiro atoms. The molecular weight excluding hydrogens is 304 g/mol. The summed E-state index contributed by atoms with van der Waals surface area (Å²) < 4.78 is 0.838. The monoisotopic (exact) mass is 314 g/mol. The van der Waals surface area contributed by atoms with Crippen molar-refractivity contribution in [1.29, 1.82) is 0 Å². The van der Waals surface area contributed by atoms with Gasteiger partial charge in [0, 0.05) is 16.5 Å². The molecule has 1 aromatic carbocycles. The molecule has 0 aliphatic heterocycles. The third-order valence-electron chi connectivity index (χ3n) is 2.33. The second-order valence-electron chi connectivity index (χ2n) is 3.63. The highest BCUT2D eigenvalue weighted by molar-refractivity contribution is 9.10. The molecule has 0 aliphatic carbocycles. The van der Waals surface area contributed by atoms with Gasteiger partial charge in [-0.3, -0.25) is 5.10 Å². The average Bonchev–Trinajstić information content (AvgIpc) is 2.79. The van der Waals surface area contributed by atoms with E-state index in [-0.39, 0.29) is 0 Å². The summed E-state index contributed by atoms with van der Waals surface area (Å²) in [6.07, 6.45) is 1.72. The van der Waals surface area contributed by atoms with Crippen LogP contribution in [0.2, 0.25) is 5.02 Å². The Morgan fingerprint density at radius 1 is 1.41 bits per heavy atom. The van der Waals surface area contributed by atoms with Crippen molar-refractivity contribution >= 4 is 27.5 Å². The Balaban J connectivity index is 2.21. The minimum Gasteiger partial charge on any atom is -0.330 e. The van der Waals surface area contributed by atoms with Crippen LogP contribution in [0.1, 0.15) is 12.2 Å². The molecule has 0 radical (unpaired) electrons. The van der Waals surface area contributed by atoms with Crippen molar-refractivity contribution in [3.05, 3.63) is 33.5 Å². The minimum atomic E-state index is 0.655. The summed E-state index contributed by atoms with van der Waals surface area (Å²) in [6, 6.07) is 5.61. The van der Waals surface area contributed by atoms with E-state index >= 15 is 0 Å². The van der Waals surface area contributed by atoms with E-state index in [1.165, 1.54) is 0 Å². The Morgan fingerprint density at radius 3 is 2.94 bits per heavy atom. The Morgan fingerprint density at radius 2 is 2.24 bits per heavy atom. The zero-order valence-corrected chi connectivity index (χ0v) is 11.4. The lowest BCUT2D eigenvalue weighted by atomic mass is 10.2. The maximum Gasteiger partial charge on any atom is 0.181 e. The first-order valence-electron chi connectivity index (χ1n) is 5.27. The summed E-state index contributed by atoms with van der Waals surface area (Å²) in [6.45, 7) is 0.655. The van der Waals surface area contributed by atoms with Crippen LogP contribution < -0.4 is 5.73 Å². The molecule has 0 saturated heterocycles. The molecule has 0 unspecified atom stereocenters. The van der Waals surface area contributed by atoms with Crippen LogP contribution in [0.4, 0.5) is 0 Å². The van der Waals surface area contributed by atoms with Gasteiger partial charge in [0.2, 0.25) is 0 Å². The van der Waals surface area contributed by atoms with Gasteiger partial charge in [-0.25, -0.2) is 4.98 Å². The van der Waals surface area contributed by atoms with Crippen LogP contribution in [-0.4, -0.2) is 21.7 Å². The Labute approximate surface area is 113 Å². The van der Waals surface area contributed by atoms with Gasteiger partial charge in [-0.05, 0) is 47.1 Å². The maximum atomic E-state index is 5.93. The van der Waals surface area contributed by atoms with Gasteiger partial charge in [-0.1, -0.05) is 11.6 Å². The fourth-order valence-corrected chi connectivity index (χ4v) is 1.94. The number of benzene rings is 1. The number of H-pyrrole nitrogens is 1. The van der Waals surface area contributed by atoms with Gasteiger partial charge in [-0.15, -0.1) is 0 Å². The molecule has 0 amide bonds. The fourth-order valence-electron chi connectivity index (χ4n) is 1.44. The summed E-state index contributed by atoms with van der Waals surface area (Å²) in [5, 5.41) is 7.75. The number of nitrogens with one attached hydrogen (secondary N) is 1. The van der Waals surface area contributed by atoms with Gasteiger partial charge in [0.1, 0.15) is 5.82 Å². The zero-order chi connectivity index (χ0) is 12.3. The third-order valence-corrected chi connectivity index (χ3v) is 3.54. The van der Waals surface area contributed by atoms with Gasteiger partial charge in [0.25, 0.3) is 0 Å². The first kappa shape index (κ1) is 12.5. The Bertz CT molecular complexity index is 512. The van der Waals surface area contributed by atoms with Gasteiger partial charge in [0.05, 0.1) is 5.02 Å². The lowest BCUT2D eigenvalue weighted by molar-refractivity contribution is 0.785. The predicted octanol–water partition coefficient (Wildman–Crippen LogP) is 2.78. The molecule has 0 atom stereocenters. The van der Waals surface area contributed by atoms with Crippen LogP contribution in [0, 0.1) is 0 Å². The first-order chi connectivity index (χ1) is 8.20. The van der Waals surface area contributed by atoms with E-state index in [4.69, 9.17) is 17.3 Å². The number of aromatic nitrogens is 3. The van der Waals surface area contributed by atoms with Crippen molar-refractivity contribution in [2.75, 3.05) is 6.54 Å². The number of aromatic amines is 1. The number of rotatable bonds is 4. The van der Waals surface area contributed by atoms with E-state index in [0.717, 1.165) is 28.7 Å². The smallest absolute Gasteiger partial charge is 0.181 e. The summed E-state index contributed by atoms with van der Waals surface area (Å²) in [5.74, 6) is 1.53. The SMILES string of the molecule is NCCCc1nc(-c2ccc(Cl)c(Br)c2)n[nH]1. The van der Waals surface area contributed by atoms with Gasteiger partial charge < -0.3 is 5.73 Å². The van der Waals surface area contributed by atoms with E-state index in [1.807, 2.05) is 18.2 Å². The highest BCUT2D eigenvalue weighted by Crippen LogP contribution is 2.27. The van der Waals surface area contributed by atoms with Crippen molar-refractivity contribution in [3.8, 4) is 11.4 Å². The van der Waals surface area contributed by atoms with Crippen LogP contribution in [-0.2, 0) is 6.42 Å². The van der Waals surface area contributed by atoms with E-state index in [2.05, 4.69) is 31.1 Å². The first-order valence-corrected chi connectivity index (χ1v) is 6.44. The third kappa shape index (κ3) is 3.06. The molecule has 4 nitrogen and oxygen atoms in total. The van der Waals surface area contributed by atoms with Crippen molar-refractivity contribution in [2.24, 2.45) is 5.73 Å². The topological polar surface area (TPSA) is 67.6 Å². The molecule has 2 aromatic rings. The lowest BCUT2D eigenvalue weighted by Gasteiger charge is -1.98. The van der Waals surface area contributed by atoms with Crippen LogP contribution in [0.15, 0.2) is 22.7 Å². The normalized spacial score (nSPS) is 10.8. The van der Waals surface area contributed by atoms with Crippen molar-refractivity contribution in [3.63, 3.8) is 0 Å². The van der Waals surface area contributed by atoms with Crippen LogP contribution in [0.5, 0.6) is 0 Å². The summed E-state index contributed by atoms with van der Waals surface area (Å²) in [4.78, 5) is 4.40. The molecule has 6 heteroatoms. The highest BCUT2D eigenvalue weighted by Gasteiger charge is 2.07. The van der Waals surface area contributed by atoms with Crippen molar-refractivity contribution in [2.45, 2.75) is 12.8 Å². The average molecular weight is 316 g/mol. The molecule has 17 heavy (non-hydrogen) atoms. The predicted molar refractivity (Wildman–Crippen MR) is 71.9 cm³/mol. The number of nitrogens with zero attached hydrogens (tertiary/aromatic N) is 2. The Kier molecular flexibility index (Phi) is 4.15. The van der Waals surface area contributed by atoms with Crippen molar-refractivity contribution in [1.82, 2.24) is 15.2 Å². The van der Waals surface area contributed by atoms with E-state index in [0.29, 0.717) is 17.4 Å². The molecule has 0 bridgehead atoms. The van der Waals surface area contributed by atoms with Crippen LogP contribution >= 0.6 is 27.5 Å². The molecule has 1 heterocycles. The molecule has 0 aliphatic rings. The number of hydrogen-bond acceptors (Lipinski definition) is 3. The van der Waals surface area contributed by atoms with Gasteiger partial charge in [0.15, 0.2) is 5.82 Å². The largest absolute Gasteiger partial charge is 0.330 e. The number of nitrogens with two attached hydrogens (primary N) is 1. The molecule has 0 saturated carbocycles. The zero-order valence-electron chi connectivity index (χ0n) is 9.08. The minimum absolute atomic E-state index is 0.655.